The fourth-order valence-electron chi connectivity index (χ4n) is 2.05. The third-order valence-corrected chi connectivity index (χ3v) is 4.11. The summed E-state index contributed by atoms with van der Waals surface area (Å²) in [7, 11) is -2.76. The Morgan fingerprint density at radius 2 is 2.14 bits per heavy atom. The van der Waals surface area contributed by atoms with E-state index in [-0.39, 0.29) is 0 Å². The van der Waals surface area contributed by atoms with Gasteiger partial charge in [-0.2, -0.15) is 0 Å². The first-order valence-electron chi connectivity index (χ1n) is 5.37. The molecule has 1 aliphatic rings. The standard InChI is InChI=1S/C10H21NO2S/c1-9-5-6-11-8-10(9)4-3-7-14(2,12)13/h9-11H,3-8H2,1-2H3. The molecular formula is C10H21NO2S. The Bertz CT molecular complexity index is 261. The zero-order valence-electron chi connectivity index (χ0n) is 9.12. The molecule has 4 heteroatoms. The Kier molecular flexibility index (Phi) is 4.38. The molecule has 0 aromatic carbocycles. The van der Waals surface area contributed by atoms with Gasteiger partial charge in [0.25, 0.3) is 0 Å². The molecule has 2 atom stereocenters. The summed E-state index contributed by atoms with van der Waals surface area (Å²) in [6.07, 6.45) is 4.40. The zero-order valence-corrected chi connectivity index (χ0v) is 9.94. The van der Waals surface area contributed by atoms with Crippen LogP contribution in [0.5, 0.6) is 0 Å². The second-order valence-corrected chi connectivity index (χ2v) is 6.76. The molecule has 3 nitrogen and oxygen atoms in total. The second kappa shape index (κ2) is 5.12. The number of nitrogens with one attached hydrogen (secondary N) is 1. The van der Waals surface area contributed by atoms with E-state index < -0.39 is 9.84 Å². The molecule has 0 bridgehead atoms. The molecule has 84 valence electrons. The van der Waals surface area contributed by atoms with E-state index in [0.717, 1.165) is 31.8 Å². The molecular weight excluding hydrogens is 198 g/mol. The van der Waals surface area contributed by atoms with Crippen molar-refractivity contribution < 1.29 is 8.42 Å². The van der Waals surface area contributed by atoms with E-state index >= 15 is 0 Å². The van der Waals surface area contributed by atoms with Crippen molar-refractivity contribution in [1.82, 2.24) is 5.32 Å². The lowest BCUT2D eigenvalue weighted by Crippen LogP contribution is -2.35. The van der Waals surface area contributed by atoms with Crippen LogP contribution in [-0.4, -0.2) is 33.5 Å². The van der Waals surface area contributed by atoms with Crippen LogP contribution in [0.25, 0.3) is 0 Å². The van der Waals surface area contributed by atoms with Gasteiger partial charge in [0.1, 0.15) is 9.84 Å². The van der Waals surface area contributed by atoms with Crippen molar-refractivity contribution in [2.45, 2.75) is 26.2 Å². The molecule has 1 aliphatic heterocycles. The molecule has 1 heterocycles. The molecule has 1 N–H and O–H groups in total. The molecule has 0 amide bonds. The highest BCUT2D eigenvalue weighted by molar-refractivity contribution is 7.90. The van der Waals surface area contributed by atoms with Gasteiger partial charge in [0, 0.05) is 12.0 Å². The predicted molar refractivity (Wildman–Crippen MR) is 59.1 cm³/mol. The second-order valence-electron chi connectivity index (χ2n) is 4.50. The Balaban J connectivity index is 2.23. The summed E-state index contributed by atoms with van der Waals surface area (Å²) in [5.74, 6) is 1.76. The van der Waals surface area contributed by atoms with Crippen LogP contribution < -0.4 is 5.32 Å². The highest BCUT2D eigenvalue weighted by atomic mass is 32.2. The summed E-state index contributed by atoms with van der Waals surface area (Å²) in [4.78, 5) is 0. The van der Waals surface area contributed by atoms with E-state index in [2.05, 4.69) is 12.2 Å². The quantitative estimate of drug-likeness (QED) is 0.769. The fraction of sp³-hybridized carbons (Fsp3) is 1.00. The van der Waals surface area contributed by atoms with Crippen LogP contribution >= 0.6 is 0 Å². The normalized spacial score (nSPS) is 29.0. The number of piperidine rings is 1. The van der Waals surface area contributed by atoms with Crippen LogP contribution in [0, 0.1) is 11.8 Å². The zero-order chi connectivity index (χ0) is 10.6. The Labute approximate surface area is 87.2 Å². The van der Waals surface area contributed by atoms with Crippen LogP contribution in [0.3, 0.4) is 0 Å². The van der Waals surface area contributed by atoms with Gasteiger partial charge in [-0.25, -0.2) is 8.42 Å². The number of rotatable bonds is 4. The van der Waals surface area contributed by atoms with Gasteiger partial charge in [-0.15, -0.1) is 0 Å². The van der Waals surface area contributed by atoms with Gasteiger partial charge in [-0.1, -0.05) is 6.92 Å². The van der Waals surface area contributed by atoms with Crippen LogP contribution in [-0.2, 0) is 9.84 Å². The lowest BCUT2D eigenvalue weighted by molar-refractivity contribution is 0.258. The summed E-state index contributed by atoms with van der Waals surface area (Å²) in [6.45, 7) is 4.45. The van der Waals surface area contributed by atoms with Crippen molar-refractivity contribution in [3.63, 3.8) is 0 Å². The van der Waals surface area contributed by atoms with Crippen LogP contribution in [0.4, 0.5) is 0 Å². The summed E-state index contributed by atoms with van der Waals surface area (Å²) in [5, 5.41) is 3.36. The smallest absolute Gasteiger partial charge is 0.147 e. The van der Waals surface area contributed by atoms with Crippen molar-refractivity contribution in [2.75, 3.05) is 25.1 Å². The Hall–Kier alpha value is -0.0900. The predicted octanol–water partition coefficient (Wildman–Crippen LogP) is 1.06. The van der Waals surface area contributed by atoms with Gasteiger partial charge in [0.2, 0.25) is 0 Å². The molecule has 1 saturated heterocycles. The minimum atomic E-state index is -2.76. The minimum Gasteiger partial charge on any atom is -0.316 e. The largest absolute Gasteiger partial charge is 0.316 e. The van der Waals surface area contributed by atoms with E-state index in [4.69, 9.17) is 0 Å². The van der Waals surface area contributed by atoms with Gasteiger partial charge in [0.05, 0.1) is 0 Å². The maximum atomic E-state index is 10.9. The molecule has 0 aliphatic carbocycles. The topological polar surface area (TPSA) is 46.2 Å². The first-order chi connectivity index (χ1) is 6.49. The number of sulfone groups is 1. The van der Waals surface area contributed by atoms with Crippen molar-refractivity contribution in [3.05, 3.63) is 0 Å². The Morgan fingerprint density at radius 3 is 2.71 bits per heavy atom. The highest BCUT2D eigenvalue weighted by Crippen LogP contribution is 2.22. The molecule has 1 rings (SSSR count). The number of hydrogen-bond donors (Lipinski definition) is 1. The molecule has 1 fully saturated rings. The van der Waals surface area contributed by atoms with Crippen LogP contribution in [0.2, 0.25) is 0 Å². The lowest BCUT2D eigenvalue weighted by Gasteiger charge is -2.29. The van der Waals surface area contributed by atoms with Crippen LogP contribution in [0.15, 0.2) is 0 Å². The molecule has 0 spiro atoms. The monoisotopic (exact) mass is 219 g/mol. The van der Waals surface area contributed by atoms with E-state index in [1.54, 1.807) is 0 Å². The van der Waals surface area contributed by atoms with E-state index in [1.807, 2.05) is 0 Å². The van der Waals surface area contributed by atoms with Gasteiger partial charge in [-0.3, -0.25) is 0 Å². The van der Waals surface area contributed by atoms with Gasteiger partial charge < -0.3 is 5.32 Å². The maximum absolute atomic E-state index is 10.9. The summed E-state index contributed by atoms with van der Waals surface area (Å²) >= 11 is 0. The number of hydrogen-bond acceptors (Lipinski definition) is 3. The van der Waals surface area contributed by atoms with Crippen molar-refractivity contribution >= 4 is 9.84 Å². The molecule has 2 unspecified atom stereocenters. The third-order valence-electron chi connectivity index (χ3n) is 3.08. The first-order valence-corrected chi connectivity index (χ1v) is 7.43. The van der Waals surface area contributed by atoms with Gasteiger partial charge in [0.15, 0.2) is 0 Å². The molecule has 14 heavy (non-hydrogen) atoms. The van der Waals surface area contributed by atoms with Gasteiger partial charge >= 0.3 is 0 Å². The highest BCUT2D eigenvalue weighted by Gasteiger charge is 2.20. The van der Waals surface area contributed by atoms with Crippen molar-refractivity contribution in [2.24, 2.45) is 11.8 Å². The Morgan fingerprint density at radius 1 is 1.43 bits per heavy atom. The SMILES string of the molecule is CC1CCNCC1CCCS(C)(=O)=O. The molecule has 0 aromatic rings. The molecule has 0 radical (unpaired) electrons. The molecule has 0 saturated carbocycles. The maximum Gasteiger partial charge on any atom is 0.147 e. The fourth-order valence-corrected chi connectivity index (χ4v) is 2.74. The van der Waals surface area contributed by atoms with E-state index in [9.17, 15) is 8.42 Å². The average molecular weight is 219 g/mol. The van der Waals surface area contributed by atoms with Crippen LogP contribution in [0.1, 0.15) is 26.2 Å². The first kappa shape index (κ1) is 12.0. The minimum absolute atomic E-state index is 0.343. The third kappa shape index (κ3) is 4.42. The van der Waals surface area contributed by atoms with Crippen molar-refractivity contribution in [1.29, 1.82) is 0 Å². The van der Waals surface area contributed by atoms with Gasteiger partial charge in [-0.05, 0) is 44.2 Å². The summed E-state index contributed by atoms with van der Waals surface area (Å²) in [6, 6.07) is 0. The van der Waals surface area contributed by atoms with E-state index in [1.165, 1.54) is 12.7 Å². The van der Waals surface area contributed by atoms with Crippen molar-refractivity contribution in [3.8, 4) is 0 Å². The lowest BCUT2D eigenvalue weighted by atomic mass is 9.85. The average Bonchev–Trinajstić information content (AvgIpc) is 2.06. The summed E-state index contributed by atoms with van der Waals surface area (Å²) in [5.41, 5.74) is 0. The van der Waals surface area contributed by atoms with E-state index in [0.29, 0.717) is 11.7 Å². The molecule has 0 aromatic heterocycles. The summed E-state index contributed by atoms with van der Waals surface area (Å²) < 4.78 is 21.9.